The van der Waals surface area contributed by atoms with Crippen LogP contribution in [0, 0.1) is 0 Å². The quantitative estimate of drug-likeness (QED) is 0.483. The lowest BCUT2D eigenvalue weighted by Crippen LogP contribution is -2.39. The van der Waals surface area contributed by atoms with Crippen LogP contribution in [0.25, 0.3) is 0 Å². The second kappa shape index (κ2) is 11.1. The first-order valence-corrected chi connectivity index (χ1v) is 11.1. The lowest BCUT2D eigenvalue weighted by atomic mass is 10.0. The molecule has 0 spiro atoms. The predicted octanol–water partition coefficient (Wildman–Crippen LogP) is 4.78. The highest BCUT2D eigenvalue weighted by molar-refractivity contribution is 6.30. The lowest BCUT2D eigenvalue weighted by Gasteiger charge is -2.27. The Balaban J connectivity index is 1.35. The molecular weight excluding hydrogens is 424 g/mol. The summed E-state index contributed by atoms with van der Waals surface area (Å²) in [5.74, 6) is 0.751. The van der Waals surface area contributed by atoms with Gasteiger partial charge in [0.15, 0.2) is 0 Å². The summed E-state index contributed by atoms with van der Waals surface area (Å²) >= 11 is 5.99. The highest BCUT2D eigenvalue weighted by Gasteiger charge is 2.26. The first-order chi connectivity index (χ1) is 15.7. The summed E-state index contributed by atoms with van der Waals surface area (Å²) in [5.41, 5.74) is 3.11. The second-order valence-corrected chi connectivity index (χ2v) is 8.37. The number of rotatable bonds is 10. The van der Waals surface area contributed by atoms with Crippen molar-refractivity contribution in [3.63, 3.8) is 0 Å². The zero-order chi connectivity index (χ0) is 22.2. The number of nitrogens with zero attached hydrogens (tertiary/aromatic N) is 2. The summed E-state index contributed by atoms with van der Waals surface area (Å²) in [4.78, 5) is 7.92. The van der Waals surface area contributed by atoms with Gasteiger partial charge in [-0.05, 0) is 35.4 Å². The first-order valence-electron chi connectivity index (χ1n) is 10.8. The van der Waals surface area contributed by atoms with Gasteiger partial charge < -0.3 is 14.7 Å². The normalized spacial score (nSPS) is 16.5. The van der Waals surface area contributed by atoms with Crippen LogP contribution >= 0.6 is 11.6 Å². The molecule has 0 aliphatic carbocycles. The van der Waals surface area contributed by atoms with E-state index in [0.29, 0.717) is 31.1 Å². The maximum absolute atomic E-state index is 10.6. The summed E-state index contributed by atoms with van der Waals surface area (Å²) in [6.45, 7) is 2.06. The fraction of sp³-hybridized carbons (Fsp3) is 0.269. The molecule has 4 rings (SSSR count). The summed E-state index contributed by atoms with van der Waals surface area (Å²) in [6, 6.07) is 27.4. The van der Waals surface area contributed by atoms with Gasteiger partial charge in [-0.2, -0.15) is 0 Å². The average Bonchev–Trinajstić information content (AvgIpc) is 3.28. The van der Waals surface area contributed by atoms with Crippen molar-refractivity contribution < 1.29 is 14.7 Å². The number of hydrogen-bond acceptors (Lipinski definition) is 5. The summed E-state index contributed by atoms with van der Waals surface area (Å²) in [5, 5.41) is 15.6. The standard InChI is InChI=1S/C26H27ClN2O3/c27-22-13-11-21(12-14-22)26-15-25(32-28-26)18-29(16-20-7-3-1-4-8-20)17-23(30)19-31-24-9-5-2-6-10-24/h1-14,23,25,30H,15-19H2/t23-,25+/m0/s1. The van der Waals surface area contributed by atoms with Gasteiger partial charge in [-0.1, -0.05) is 77.4 Å². The smallest absolute Gasteiger partial charge is 0.145 e. The minimum absolute atomic E-state index is 0.0772. The van der Waals surface area contributed by atoms with Gasteiger partial charge >= 0.3 is 0 Å². The number of hydrogen-bond donors (Lipinski definition) is 1. The molecule has 166 valence electrons. The predicted molar refractivity (Wildman–Crippen MR) is 127 cm³/mol. The topological polar surface area (TPSA) is 54.3 Å². The third kappa shape index (κ3) is 6.57. The Hall–Kier alpha value is -2.86. The van der Waals surface area contributed by atoms with Gasteiger partial charge in [0.25, 0.3) is 0 Å². The van der Waals surface area contributed by atoms with E-state index in [4.69, 9.17) is 21.2 Å². The Morgan fingerprint density at radius 3 is 2.41 bits per heavy atom. The minimum Gasteiger partial charge on any atom is -0.491 e. The van der Waals surface area contributed by atoms with Crippen LogP contribution in [0.2, 0.25) is 5.02 Å². The molecule has 1 aliphatic rings. The molecule has 1 heterocycles. The first kappa shape index (κ1) is 22.3. The van der Waals surface area contributed by atoms with Gasteiger partial charge in [0, 0.05) is 31.1 Å². The molecule has 32 heavy (non-hydrogen) atoms. The van der Waals surface area contributed by atoms with Crippen LogP contribution < -0.4 is 4.74 Å². The van der Waals surface area contributed by atoms with Crippen molar-refractivity contribution in [2.24, 2.45) is 5.16 Å². The zero-order valence-corrected chi connectivity index (χ0v) is 18.6. The van der Waals surface area contributed by atoms with E-state index >= 15 is 0 Å². The molecule has 2 atom stereocenters. The number of ether oxygens (including phenoxy) is 1. The summed E-state index contributed by atoms with van der Waals surface area (Å²) in [7, 11) is 0. The molecule has 0 bridgehead atoms. The van der Waals surface area contributed by atoms with Crippen molar-refractivity contribution in [2.45, 2.75) is 25.2 Å². The van der Waals surface area contributed by atoms with E-state index in [0.717, 1.165) is 17.0 Å². The Morgan fingerprint density at radius 1 is 1.00 bits per heavy atom. The Labute approximate surface area is 193 Å². The SMILES string of the molecule is O[C@H](COc1ccccc1)CN(Cc1ccccc1)C[C@H]1CC(c2ccc(Cl)cc2)=NO1. The maximum Gasteiger partial charge on any atom is 0.145 e. The third-order valence-electron chi connectivity index (χ3n) is 5.28. The molecule has 0 aromatic heterocycles. The van der Waals surface area contributed by atoms with Crippen molar-refractivity contribution in [1.82, 2.24) is 4.90 Å². The second-order valence-electron chi connectivity index (χ2n) is 7.93. The van der Waals surface area contributed by atoms with Crippen LogP contribution in [-0.2, 0) is 11.4 Å². The van der Waals surface area contributed by atoms with Gasteiger partial charge in [-0.3, -0.25) is 4.90 Å². The van der Waals surface area contributed by atoms with Crippen LogP contribution in [0.1, 0.15) is 17.5 Å². The van der Waals surface area contributed by atoms with Crippen molar-refractivity contribution in [1.29, 1.82) is 0 Å². The molecule has 0 unspecified atom stereocenters. The molecule has 0 fully saturated rings. The fourth-order valence-corrected chi connectivity index (χ4v) is 3.86. The van der Waals surface area contributed by atoms with Crippen LogP contribution in [0.4, 0.5) is 0 Å². The number of halogens is 1. The fourth-order valence-electron chi connectivity index (χ4n) is 3.73. The minimum atomic E-state index is -0.628. The van der Waals surface area contributed by atoms with E-state index in [-0.39, 0.29) is 12.7 Å². The highest BCUT2D eigenvalue weighted by Crippen LogP contribution is 2.20. The molecule has 6 heteroatoms. The van der Waals surface area contributed by atoms with Crippen molar-refractivity contribution in [2.75, 3.05) is 19.7 Å². The molecule has 3 aromatic carbocycles. The third-order valence-corrected chi connectivity index (χ3v) is 5.53. The molecule has 0 radical (unpaired) electrons. The zero-order valence-electron chi connectivity index (χ0n) is 17.8. The molecule has 1 N–H and O–H groups in total. The molecular formula is C26H27ClN2O3. The van der Waals surface area contributed by atoms with Crippen LogP contribution in [0.5, 0.6) is 5.75 Å². The Kier molecular flexibility index (Phi) is 7.77. The van der Waals surface area contributed by atoms with E-state index in [1.54, 1.807) is 0 Å². The van der Waals surface area contributed by atoms with Crippen molar-refractivity contribution >= 4 is 17.3 Å². The molecule has 0 saturated heterocycles. The molecule has 0 amide bonds. The number of oxime groups is 1. The van der Waals surface area contributed by atoms with Gasteiger partial charge in [0.2, 0.25) is 0 Å². The Morgan fingerprint density at radius 2 is 1.69 bits per heavy atom. The van der Waals surface area contributed by atoms with Crippen LogP contribution in [0.15, 0.2) is 90.1 Å². The van der Waals surface area contributed by atoms with Gasteiger partial charge in [0.1, 0.15) is 24.6 Å². The van der Waals surface area contributed by atoms with Crippen LogP contribution in [-0.4, -0.2) is 47.6 Å². The van der Waals surface area contributed by atoms with Crippen molar-refractivity contribution in [3.8, 4) is 5.75 Å². The number of benzene rings is 3. The molecule has 0 saturated carbocycles. The van der Waals surface area contributed by atoms with Crippen molar-refractivity contribution in [3.05, 3.63) is 101 Å². The van der Waals surface area contributed by atoms with E-state index < -0.39 is 6.10 Å². The molecule has 3 aromatic rings. The van der Waals surface area contributed by atoms with Gasteiger partial charge in [-0.15, -0.1) is 0 Å². The van der Waals surface area contributed by atoms with E-state index in [1.807, 2.05) is 72.8 Å². The molecule has 1 aliphatic heterocycles. The summed E-state index contributed by atoms with van der Waals surface area (Å²) in [6.07, 6.45) is 0.00684. The molecule has 5 nitrogen and oxygen atoms in total. The monoisotopic (exact) mass is 450 g/mol. The van der Waals surface area contributed by atoms with Gasteiger partial charge in [0.05, 0.1) is 5.71 Å². The largest absolute Gasteiger partial charge is 0.491 e. The number of aliphatic hydroxyl groups excluding tert-OH is 1. The number of para-hydroxylation sites is 1. The van der Waals surface area contributed by atoms with E-state index in [2.05, 4.69) is 22.2 Å². The van der Waals surface area contributed by atoms with E-state index in [9.17, 15) is 5.11 Å². The van der Waals surface area contributed by atoms with E-state index in [1.165, 1.54) is 5.56 Å². The maximum atomic E-state index is 10.6. The van der Waals surface area contributed by atoms with Gasteiger partial charge in [-0.25, -0.2) is 0 Å². The number of aliphatic hydroxyl groups is 1. The lowest BCUT2D eigenvalue weighted by molar-refractivity contribution is 0.0213. The average molecular weight is 451 g/mol. The van der Waals surface area contributed by atoms with Crippen LogP contribution in [0.3, 0.4) is 0 Å². The highest BCUT2D eigenvalue weighted by atomic mass is 35.5. The Bertz CT molecular complexity index is 997. The summed E-state index contributed by atoms with van der Waals surface area (Å²) < 4.78 is 5.73.